The minimum Gasteiger partial charge on any atom is -0.477 e. The second-order valence-corrected chi connectivity index (χ2v) is 22.0. The van der Waals surface area contributed by atoms with Crippen LogP contribution in [0, 0.1) is 0 Å². The van der Waals surface area contributed by atoms with Gasteiger partial charge in [0.05, 0.1) is 34.4 Å². The first-order chi connectivity index (χ1) is 38.6. The Labute approximate surface area is 485 Å². The van der Waals surface area contributed by atoms with Crippen molar-refractivity contribution in [2.45, 2.75) is 257 Å². The van der Waals surface area contributed by atoms with Crippen LogP contribution in [-0.2, 0) is 33.3 Å². The summed E-state index contributed by atoms with van der Waals surface area (Å²) in [6.45, 7) is 4.74. The molecule has 0 rings (SSSR count). The van der Waals surface area contributed by atoms with Crippen LogP contribution < -0.4 is 0 Å². The number of hydrogen-bond acceptors (Lipinski definition) is 7. The minimum atomic E-state index is -1.52. The maximum atomic E-state index is 12.9. The van der Waals surface area contributed by atoms with Crippen molar-refractivity contribution >= 4 is 17.9 Å². The lowest BCUT2D eigenvalue weighted by Gasteiger charge is -2.25. The number of likely N-dealkylation sites (N-methyl/N-ethyl adjacent to an activating group) is 1. The number of carbonyl (C=O) groups excluding carboxylic acids is 2. The van der Waals surface area contributed by atoms with E-state index in [-0.39, 0.29) is 32.2 Å². The molecule has 0 radical (unpaired) electrons. The van der Waals surface area contributed by atoms with Gasteiger partial charge in [0.15, 0.2) is 6.10 Å². The third-order valence-corrected chi connectivity index (χ3v) is 13.2. The number of aliphatic carboxylic acids is 1. The lowest BCUT2D eigenvalue weighted by atomic mass is 10.1. The average molecular weight is 1100 g/mol. The molecule has 0 bridgehead atoms. The summed E-state index contributed by atoms with van der Waals surface area (Å²) >= 11 is 0. The molecule has 1 N–H and O–H groups in total. The van der Waals surface area contributed by atoms with Crippen LogP contribution in [0.2, 0.25) is 0 Å². The van der Waals surface area contributed by atoms with Crippen molar-refractivity contribution in [3.8, 4) is 0 Å². The monoisotopic (exact) mass is 1100 g/mol. The Morgan fingerprint density at radius 3 is 1.09 bits per heavy atom. The highest BCUT2D eigenvalue weighted by Crippen LogP contribution is 2.15. The maximum Gasteiger partial charge on any atom is 0.361 e. The number of unbranched alkanes of at least 4 members (excludes halogenated alkanes) is 22. The zero-order chi connectivity index (χ0) is 57.6. The molecule has 0 aromatic carbocycles. The lowest BCUT2D eigenvalue weighted by Crippen LogP contribution is -2.40. The molecule has 0 fully saturated rings. The Hall–Kier alpha value is -4.31. The van der Waals surface area contributed by atoms with E-state index in [1.165, 1.54) is 109 Å². The molecule has 0 aliphatic rings. The first kappa shape index (κ1) is 74.7. The van der Waals surface area contributed by atoms with Gasteiger partial charge < -0.3 is 28.5 Å². The molecule has 2 atom stereocenters. The van der Waals surface area contributed by atoms with Gasteiger partial charge in [0.2, 0.25) is 0 Å². The van der Waals surface area contributed by atoms with Crippen molar-refractivity contribution in [1.82, 2.24) is 0 Å². The van der Waals surface area contributed by atoms with Crippen LogP contribution in [0.15, 0.2) is 122 Å². The SMILES string of the molecule is CC/C=C\C/C=C\C/C=C\C/C=C\C/C=C\C/C=C\C/C=C\C/C=C\C/C=C\CCCCCCCCCC(=O)OC(COC(=O)CCCCCCCCCCC/C=C\CCCCCCCC)COC(OCC[N+](C)(C)C)C(=O)O. The summed E-state index contributed by atoms with van der Waals surface area (Å²) in [6, 6.07) is 0. The molecular formula is C70H118NO8+. The summed E-state index contributed by atoms with van der Waals surface area (Å²) in [7, 11) is 5.96. The minimum absolute atomic E-state index is 0.179. The van der Waals surface area contributed by atoms with Crippen LogP contribution in [0.25, 0.3) is 0 Å². The van der Waals surface area contributed by atoms with Gasteiger partial charge in [0.25, 0.3) is 6.29 Å². The molecule has 0 aromatic rings. The number of quaternary nitrogens is 1. The van der Waals surface area contributed by atoms with Crippen LogP contribution in [-0.4, -0.2) is 87.4 Å². The number of ether oxygens (including phenoxy) is 4. The lowest BCUT2D eigenvalue weighted by molar-refractivity contribution is -0.870. The van der Waals surface area contributed by atoms with Gasteiger partial charge in [0, 0.05) is 12.8 Å². The van der Waals surface area contributed by atoms with Crippen LogP contribution in [0.4, 0.5) is 0 Å². The Morgan fingerprint density at radius 1 is 0.392 bits per heavy atom. The van der Waals surface area contributed by atoms with Gasteiger partial charge in [-0.25, -0.2) is 4.79 Å². The molecule has 0 aliphatic carbocycles. The standard InChI is InChI=1S/C70H117NO8/c1-6-8-10-12-14-16-18-20-22-24-26-27-28-29-30-31-32-33-34-35-36-37-38-39-40-41-43-45-47-49-51-53-55-57-59-61-68(73)79-66(65-78-70(69(74)75)76-63-62-71(3,4)5)64-77-67(72)60-58-56-54-52-50-48-46-44-42-25-23-21-19-17-15-13-11-9-7-2/h8,10,14,16,20-23,26-27,29-30,32-33,35-36,38-39,41,43,66,70H,6-7,9,11-13,15,17-19,24-25,28,31,34,37,40,42,44-65H2,1-5H3/p+1/b10-8-,16-14-,22-20-,23-21-,27-26-,30-29-,33-32-,36-35-,39-38-,43-41-. The summed E-state index contributed by atoms with van der Waals surface area (Å²) < 4.78 is 22.9. The molecule has 9 heteroatoms. The highest BCUT2D eigenvalue weighted by molar-refractivity contribution is 5.71. The van der Waals surface area contributed by atoms with E-state index in [0.717, 1.165) is 103 Å². The summed E-state index contributed by atoms with van der Waals surface area (Å²) in [5, 5.41) is 9.72. The first-order valence-corrected chi connectivity index (χ1v) is 31.7. The Kier molecular flexibility index (Phi) is 56.5. The highest BCUT2D eigenvalue weighted by atomic mass is 16.7. The van der Waals surface area contributed by atoms with E-state index >= 15 is 0 Å². The van der Waals surface area contributed by atoms with Gasteiger partial charge in [-0.2, -0.15) is 0 Å². The van der Waals surface area contributed by atoms with E-state index in [2.05, 4.69) is 135 Å². The fraction of sp³-hybridized carbons (Fsp3) is 0.671. The van der Waals surface area contributed by atoms with Crippen molar-refractivity contribution in [2.75, 3.05) is 47.5 Å². The summed E-state index contributed by atoms with van der Waals surface area (Å²) in [4.78, 5) is 37.5. The molecular weight excluding hydrogens is 983 g/mol. The smallest absolute Gasteiger partial charge is 0.361 e. The number of esters is 2. The predicted octanol–water partition coefficient (Wildman–Crippen LogP) is 19.2. The number of carbonyl (C=O) groups is 3. The van der Waals surface area contributed by atoms with Gasteiger partial charge in [-0.05, 0) is 109 Å². The van der Waals surface area contributed by atoms with Gasteiger partial charge in [-0.3, -0.25) is 9.59 Å². The maximum absolute atomic E-state index is 12.9. The molecule has 79 heavy (non-hydrogen) atoms. The molecule has 9 nitrogen and oxygen atoms in total. The van der Waals surface area contributed by atoms with E-state index in [9.17, 15) is 19.5 Å². The van der Waals surface area contributed by atoms with Gasteiger partial charge in [0.1, 0.15) is 13.2 Å². The molecule has 0 amide bonds. The average Bonchev–Trinajstić information content (AvgIpc) is 3.42. The fourth-order valence-electron chi connectivity index (χ4n) is 8.35. The molecule has 0 heterocycles. The van der Waals surface area contributed by atoms with E-state index in [4.69, 9.17) is 18.9 Å². The Morgan fingerprint density at radius 2 is 0.722 bits per heavy atom. The second kappa shape index (κ2) is 59.8. The zero-order valence-electron chi connectivity index (χ0n) is 51.2. The number of hydrogen-bond donors (Lipinski definition) is 1. The van der Waals surface area contributed by atoms with Gasteiger partial charge in [-0.15, -0.1) is 0 Å². The Bertz CT molecular complexity index is 1710. The molecule has 2 unspecified atom stereocenters. The molecule has 450 valence electrons. The number of nitrogens with zero attached hydrogens (tertiary/aromatic N) is 1. The van der Waals surface area contributed by atoms with Crippen molar-refractivity contribution in [1.29, 1.82) is 0 Å². The van der Waals surface area contributed by atoms with Crippen LogP contribution in [0.5, 0.6) is 0 Å². The van der Waals surface area contributed by atoms with Crippen molar-refractivity contribution in [3.05, 3.63) is 122 Å². The topological polar surface area (TPSA) is 108 Å². The molecule has 0 aliphatic heterocycles. The van der Waals surface area contributed by atoms with Crippen molar-refractivity contribution < 1.29 is 42.9 Å². The second-order valence-electron chi connectivity index (χ2n) is 22.0. The number of carboxylic acid groups (broad SMARTS) is 1. The Balaban J connectivity index is 4.24. The third-order valence-electron chi connectivity index (χ3n) is 13.2. The quantitative estimate of drug-likeness (QED) is 0.0211. The van der Waals surface area contributed by atoms with Crippen LogP contribution >= 0.6 is 0 Å². The fourth-order valence-corrected chi connectivity index (χ4v) is 8.35. The summed E-state index contributed by atoms with van der Waals surface area (Å²) in [6.07, 6.45) is 81.4. The highest BCUT2D eigenvalue weighted by Gasteiger charge is 2.25. The van der Waals surface area contributed by atoms with Crippen molar-refractivity contribution in [3.63, 3.8) is 0 Å². The number of rotatable bonds is 57. The van der Waals surface area contributed by atoms with Crippen LogP contribution in [0.1, 0.15) is 245 Å². The van der Waals surface area contributed by atoms with E-state index in [1.807, 2.05) is 21.1 Å². The normalized spacial score (nSPS) is 13.6. The molecule has 0 saturated heterocycles. The molecule has 0 saturated carbocycles. The van der Waals surface area contributed by atoms with Crippen LogP contribution in [0.3, 0.4) is 0 Å². The first-order valence-electron chi connectivity index (χ1n) is 31.7. The van der Waals surface area contributed by atoms with E-state index in [1.54, 1.807) is 0 Å². The van der Waals surface area contributed by atoms with Gasteiger partial charge in [-0.1, -0.05) is 245 Å². The van der Waals surface area contributed by atoms with Crippen molar-refractivity contribution in [2.24, 2.45) is 0 Å². The summed E-state index contributed by atoms with van der Waals surface area (Å²) in [5.74, 6) is -2.03. The third kappa shape index (κ3) is 61.2. The number of allylic oxidation sites excluding steroid dienone is 20. The molecule has 0 aromatic heterocycles. The molecule has 0 spiro atoms. The largest absolute Gasteiger partial charge is 0.477 e. The number of carboxylic acids is 1. The van der Waals surface area contributed by atoms with Gasteiger partial charge >= 0.3 is 17.9 Å². The predicted molar refractivity (Wildman–Crippen MR) is 336 cm³/mol. The van der Waals surface area contributed by atoms with E-state index < -0.39 is 24.3 Å². The zero-order valence-corrected chi connectivity index (χ0v) is 51.2. The summed E-state index contributed by atoms with van der Waals surface area (Å²) in [5.41, 5.74) is 0. The van der Waals surface area contributed by atoms with E-state index in [0.29, 0.717) is 23.9 Å².